The number of aliphatic hydroxyl groups excluding tert-OH is 1. The van der Waals surface area contributed by atoms with Gasteiger partial charge in [0, 0.05) is 25.0 Å². The highest BCUT2D eigenvalue weighted by atomic mass is 16.7. The Kier molecular flexibility index (Phi) is 8.89. The number of methoxy groups -OCH3 is 1. The van der Waals surface area contributed by atoms with E-state index in [2.05, 4.69) is 6.58 Å². The number of carbonyl (C=O) groups is 2. The molecule has 2 rings (SSSR count). The van der Waals surface area contributed by atoms with Gasteiger partial charge in [0.25, 0.3) is 0 Å². The van der Waals surface area contributed by atoms with E-state index >= 15 is 0 Å². The van der Waals surface area contributed by atoms with Crippen molar-refractivity contribution in [2.75, 3.05) is 26.9 Å². The number of benzene rings is 1. The largest absolute Gasteiger partial charge is 0.465 e. The third kappa shape index (κ3) is 5.92. The van der Waals surface area contributed by atoms with Gasteiger partial charge in [-0.25, -0.2) is 9.59 Å². The SMILES string of the molecule is C=CCOC(=O)C1=C[C@H](c2ccc(C(=O)OC)cc2)[C@H](CCCO)[C@H](OCC)O1. The van der Waals surface area contributed by atoms with E-state index in [9.17, 15) is 14.7 Å². The van der Waals surface area contributed by atoms with Crippen molar-refractivity contribution >= 4 is 11.9 Å². The molecule has 7 heteroatoms. The van der Waals surface area contributed by atoms with Crippen LogP contribution in [0.1, 0.15) is 41.6 Å². The van der Waals surface area contributed by atoms with E-state index in [-0.39, 0.29) is 30.8 Å². The molecule has 1 aromatic rings. The summed E-state index contributed by atoms with van der Waals surface area (Å²) in [6.07, 6.45) is 3.74. The van der Waals surface area contributed by atoms with Crippen LogP contribution in [0, 0.1) is 5.92 Å². The van der Waals surface area contributed by atoms with E-state index in [4.69, 9.17) is 18.9 Å². The Morgan fingerprint density at radius 1 is 1.24 bits per heavy atom. The van der Waals surface area contributed by atoms with Gasteiger partial charge < -0.3 is 24.1 Å². The van der Waals surface area contributed by atoms with Crippen molar-refractivity contribution in [2.45, 2.75) is 32.0 Å². The first-order valence-electron chi connectivity index (χ1n) is 9.62. The maximum absolute atomic E-state index is 12.4. The van der Waals surface area contributed by atoms with Gasteiger partial charge >= 0.3 is 11.9 Å². The van der Waals surface area contributed by atoms with Crippen LogP contribution in [-0.2, 0) is 23.7 Å². The standard InChI is InChI=1S/C22H28O7/c1-4-13-28-21(25)19-14-18(15-8-10-16(11-9-15)20(24)26-3)17(7-6-12-23)22(29-19)27-5-2/h4,8-11,14,17-18,22-23H,1,5-7,12-13H2,2-3H3/t17-,18+,22+/m0/s1. The van der Waals surface area contributed by atoms with Crippen molar-refractivity contribution in [3.63, 3.8) is 0 Å². The number of ether oxygens (including phenoxy) is 4. The van der Waals surface area contributed by atoms with Crippen molar-refractivity contribution in [1.29, 1.82) is 0 Å². The van der Waals surface area contributed by atoms with Gasteiger partial charge in [0.2, 0.25) is 12.0 Å². The topological polar surface area (TPSA) is 91.3 Å². The van der Waals surface area contributed by atoms with Crippen molar-refractivity contribution in [3.8, 4) is 0 Å². The van der Waals surface area contributed by atoms with Crippen molar-refractivity contribution in [2.24, 2.45) is 5.92 Å². The van der Waals surface area contributed by atoms with Crippen LogP contribution in [0.5, 0.6) is 0 Å². The number of hydrogen-bond acceptors (Lipinski definition) is 7. The maximum atomic E-state index is 12.4. The summed E-state index contributed by atoms with van der Waals surface area (Å²) in [6, 6.07) is 7.00. The normalized spacial score (nSPS) is 20.9. The summed E-state index contributed by atoms with van der Waals surface area (Å²) in [7, 11) is 1.33. The molecule has 0 spiro atoms. The van der Waals surface area contributed by atoms with Crippen LogP contribution in [0.3, 0.4) is 0 Å². The quantitative estimate of drug-likeness (QED) is 0.473. The predicted octanol–water partition coefficient (Wildman–Crippen LogP) is 2.95. The van der Waals surface area contributed by atoms with E-state index < -0.39 is 18.2 Å². The Hall–Kier alpha value is -2.64. The Balaban J connectivity index is 2.39. The first kappa shape index (κ1) is 22.6. The predicted molar refractivity (Wildman–Crippen MR) is 106 cm³/mol. The monoisotopic (exact) mass is 404 g/mol. The lowest BCUT2D eigenvalue weighted by Crippen LogP contribution is -2.36. The molecule has 0 aliphatic carbocycles. The van der Waals surface area contributed by atoms with Crippen LogP contribution in [-0.4, -0.2) is 50.3 Å². The highest BCUT2D eigenvalue weighted by molar-refractivity contribution is 5.89. The molecule has 1 N–H and O–H groups in total. The second-order valence-corrected chi connectivity index (χ2v) is 6.53. The van der Waals surface area contributed by atoms with Gasteiger partial charge in [-0.3, -0.25) is 0 Å². The molecule has 158 valence electrons. The fourth-order valence-electron chi connectivity index (χ4n) is 3.30. The minimum absolute atomic E-state index is 0.0429. The Morgan fingerprint density at radius 2 is 1.97 bits per heavy atom. The smallest absolute Gasteiger partial charge is 0.373 e. The average Bonchev–Trinajstić information content (AvgIpc) is 2.75. The van der Waals surface area contributed by atoms with Crippen molar-refractivity contribution in [1.82, 2.24) is 0 Å². The minimum Gasteiger partial charge on any atom is -0.465 e. The first-order chi connectivity index (χ1) is 14.0. The number of rotatable bonds is 10. The molecule has 0 unspecified atom stereocenters. The van der Waals surface area contributed by atoms with Gasteiger partial charge in [-0.2, -0.15) is 0 Å². The molecular weight excluding hydrogens is 376 g/mol. The van der Waals surface area contributed by atoms with Crippen LogP contribution in [0.15, 0.2) is 48.8 Å². The third-order valence-corrected chi connectivity index (χ3v) is 4.66. The summed E-state index contributed by atoms with van der Waals surface area (Å²) in [5.41, 5.74) is 1.33. The third-order valence-electron chi connectivity index (χ3n) is 4.66. The van der Waals surface area contributed by atoms with Crippen LogP contribution in [0.2, 0.25) is 0 Å². The number of esters is 2. The van der Waals surface area contributed by atoms with Crippen LogP contribution < -0.4 is 0 Å². The molecule has 1 heterocycles. The van der Waals surface area contributed by atoms with E-state index in [0.717, 1.165) is 5.56 Å². The molecule has 1 aliphatic rings. The summed E-state index contributed by atoms with van der Waals surface area (Å²) in [4.78, 5) is 24.1. The highest BCUT2D eigenvalue weighted by Gasteiger charge is 2.38. The van der Waals surface area contributed by atoms with Gasteiger partial charge in [0.15, 0.2) is 0 Å². The average molecular weight is 404 g/mol. The molecule has 0 saturated heterocycles. The van der Waals surface area contributed by atoms with E-state index in [1.54, 1.807) is 18.2 Å². The fourth-order valence-corrected chi connectivity index (χ4v) is 3.30. The summed E-state index contributed by atoms with van der Waals surface area (Å²) in [6.45, 7) is 5.91. The Labute approximate surface area is 170 Å². The van der Waals surface area contributed by atoms with Gasteiger partial charge in [-0.1, -0.05) is 24.8 Å². The number of hydrogen-bond donors (Lipinski definition) is 1. The van der Waals surface area contributed by atoms with Crippen molar-refractivity contribution in [3.05, 3.63) is 59.9 Å². The molecule has 7 nitrogen and oxygen atoms in total. The molecule has 1 aromatic carbocycles. The zero-order valence-electron chi connectivity index (χ0n) is 16.8. The van der Waals surface area contributed by atoms with Crippen molar-refractivity contribution < 1.29 is 33.6 Å². The number of carbonyl (C=O) groups excluding carboxylic acids is 2. The van der Waals surface area contributed by atoms with Gasteiger partial charge in [-0.15, -0.1) is 0 Å². The molecular formula is C22H28O7. The van der Waals surface area contributed by atoms with Crippen LogP contribution in [0.4, 0.5) is 0 Å². The minimum atomic E-state index is -0.659. The molecule has 1 aliphatic heterocycles. The van der Waals surface area contributed by atoms with Gasteiger partial charge in [-0.05, 0) is 43.5 Å². The number of aliphatic hydroxyl groups is 1. The summed E-state index contributed by atoms with van der Waals surface area (Å²) >= 11 is 0. The molecule has 29 heavy (non-hydrogen) atoms. The summed E-state index contributed by atoms with van der Waals surface area (Å²) < 4.78 is 21.4. The Morgan fingerprint density at radius 3 is 2.55 bits per heavy atom. The number of allylic oxidation sites excluding steroid dienone is 1. The Bertz CT molecular complexity index is 723. The molecule has 0 radical (unpaired) electrons. The maximum Gasteiger partial charge on any atom is 0.373 e. The lowest BCUT2D eigenvalue weighted by molar-refractivity contribution is -0.175. The lowest BCUT2D eigenvalue weighted by Gasteiger charge is -2.36. The van der Waals surface area contributed by atoms with Crippen LogP contribution in [0.25, 0.3) is 0 Å². The molecule has 0 bridgehead atoms. The second-order valence-electron chi connectivity index (χ2n) is 6.53. The van der Waals surface area contributed by atoms with E-state index in [1.807, 2.05) is 19.1 Å². The van der Waals surface area contributed by atoms with E-state index in [1.165, 1.54) is 13.2 Å². The van der Waals surface area contributed by atoms with Crippen LogP contribution >= 0.6 is 0 Å². The second kappa shape index (κ2) is 11.4. The fraction of sp³-hybridized carbons (Fsp3) is 0.455. The van der Waals surface area contributed by atoms with Gasteiger partial charge in [0.05, 0.1) is 12.7 Å². The zero-order chi connectivity index (χ0) is 21.2. The molecule has 0 amide bonds. The lowest BCUT2D eigenvalue weighted by atomic mass is 9.80. The molecule has 0 fully saturated rings. The van der Waals surface area contributed by atoms with Gasteiger partial charge in [0.1, 0.15) is 6.61 Å². The molecule has 0 saturated carbocycles. The summed E-state index contributed by atoms with van der Waals surface area (Å²) in [5.74, 6) is -1.28. The van der Waals surface area contributed by atoms with E-state index in [0.29, 0.717) is 25.0 Å². The highest BCUT2D eigenvalue weighted by Crippen LogP contribution is 2.39. The molecule has 0 aromatic heterocycles. The zero-order valence-corrected chi connectivity index (χ0v) is 16.8. The first-order valence-corrected chi connectivity index (χ1v) is 9.62. The summed E-state index contributed by atoms with van der Waals surface area (Å²) in [5, 5.41) is 9.30. The molecule has 3 atom stereocenters.